The van der Waals surface area contributed by atoms with Crippen LogP contribution in [0.1, 0.15) is 12.7 Å². The summed E-state index contributed by atoms with van der Waals surface area (Å²) in [5.41, 5.74) is 0.850. The predicted octanol–water partition coefficient (Wildman–Crippen LogP) is 4.21. The monoisotopic (exact) mass is 374 g/mol. The number of hydrogen-bond acceptors (Lipinski definition) is 4. The van der Waals surface area contributed by atoms with Gasteiger partial charge < -0.3 is 14.5 Å². The van der Waals surface area contributed by atoms with Gasteiger partial charge in [0.15, 0.2) is 4.67 Å². The number of pyridine rings is 1. The second-order valence-electron chi connectivity index (χ2n) is 3.48. The number of aromatic nitrogens is 1. The van der Waals surface area contributed by atoms with Crippen molar-refractivity contribution in [2.45, 2.75) is 13.5 Å². The molecule has 0 saturated carbocycles. The van der Waals surface area contributed by atoms with Gasteiger partial charge in [0.2, 0.25) is 5.88 Å². The molecule has 18 heavy (non-hydrogen) atoms. The molecule has 2 heterocycles. The highest BCUT2D eigenvalue weighted by atomic mass is 79.9. The normalized spacial score (nSPS) is 10.4. The van der Waals surface area contributed by atoms with Crippen LogP contribution in [0.5, 0.6) is 5.88 Å². The highest BCUT2D eigenvalue weighted by Gasteiger charge is 2.08. The summed E-state index contributed by atoms with van der Waals surface area (Å²) in [5.74, 6) is 1.42. The van der Waals surface area contributed by atoms with Crippen LogP contribution in [0, 0.1) is 0 Å². The van der Waals surface area contributed by atoms with Gasteiger partial charge in [0.05, 0.1) is 23.3 Å². The minimum absolute atomic E-state index is 0.565. The van der Waals surface area contributed by atoms with Crippen molar-refractivity contribution in [3.05, 3.63) is 39.3 Å². The fourth-order valence-corrected chi connectivity index (χ4v) is 2.10. The molecule has 0 fully saturated rings. The van der Waals surface area contributed by atoms with E-state index in [0.717, 1.165) is 15.9 Å². The molecule has 6 heteroatoms. The van der Waals surface area contributed by atoms with E-state index in [1.165, 1.54) is 0 Å². The molecule has 0 radical (unpaired) electrons. The molecule has 0 unspecified atom stereocenters. The maximum absolute atomic E-state index is 5.48. The number of anilines is 1. The van der Waals surface area contributed by atoms with E-state index in [-0.39, 0.29) is 0 Å². The molecule has 96 valence electrons. The smallest absolute Gasteiger partial charge is 0.237 e. The molecular formula is C12H12Br2N2O2. The molecule has 0 aliphatic rings. The van der Waals surface area contributed by atoms with Crippen molar-refractivity contribution in [2.24, 2.45) is 0 Å². The SMILES string of the molecule is CCOc1ncccc1NCc1cc(Br)c(Br)o1. The van der Waals surface area contributed by atoms with E-state index in [4.69, 9.17) is 9.15 Å². The number of rotatable bonds is 5. The number of furan rings is 1. The minimum atomic E-state index is 0.565. The molecule has 0 atom stereocenters. The molecule has 0 aliphatic heterocycles. The van der Waals surface area contributed by atoms with Gasteiger partial charge in [-0.1, -0.05) is 0 Å². The first-order chi connectivity index (χ1) is 8.70. The van der Waals surface area contributed by atoms with E-state index in [1.807, 2.05) is 25.1 Å². The molecule has 0 aromatic carbocycles. The number of nitrogens with zero attached hydrogens (tertiary/aromatic N) is 1. The molecule has 0 bridgehead atoms. The van der Waals surface area contributed by atoms with Gasteiger partial charge in [-0.15, -0.1) is 0 Å². The van der Waals surface area contributed by atoms with Crippen LogP contribution < -0.4 is 10.1 Å². The highest BCUT2D eigenvalue weighted by Crippen LogP contribution is 2.28. The Labute approximate surface area is 122 Å². The third-order valence-electron chi connectivity index (χ3n) is 2.20. The molecule has 4 nitrogen and oxygen atoms in total. The standard InChI is InChI=1S/C12H12Br2N2O2/c1-2-17-12-10(4-3-5-15-12)16-7-8-6-9(13)11(14)18-8/h3-6,16H,2,7H2,1H3. The third kappa shape index (κ3) is 3.26. The summed E-state index contributed by atoms with van der Waals surface area (Å²) in [6.45, 7) is 3.08. The topological polar surface area (TPSA) is 47.3 Å². The zero-order valence-electron chi connectivity index (χ0n) is 9.74. The Morgan fingerprint density at radius 2 is 2.28 bits per heavy atom. The Hall–Kier alpha value is -1.01. The Morgan fingerprint density at radius 3 is 2.94 bits per heavy atom. The van der Waals surface area contributed by atoms with Crippen molar-refractivity contribution in [2.75, 3.05) is 11.9 Å². The zero-order chi connectivity index (χ0) is 13.0. The Morgan fingerprint density at radius 1 is 1.44 bits per heavy atom. The number of hydrogen-bond donors (Lipinski definition) is 1. The summed E-state index contributed by atoms with van der Waals surface area (Å²) < 4.78 is 12.5. The first-order valence-electron chi connectivity index (χ1n) is 5.46. The maximum Gasteiger partial charge on any atom is 0.237 e. The second-order valence-corrected chi connectivity index (χ2v) is 5.05. The van der Waals surface area contributed by atoms with E-state index in [0.29, 0.717) is 23.7 Å². The number of ether oxygens (including phenoxy) is 1. The van der Waals surface area contributed by atoms with Crippen molar-refractivity contribution < 1.29 is 9.15 Å². The fraction of sp³-hybridized carbons (Fsp3) is 0.250. The molecule has 0 aliphatic carbocycles. The van der Waals surface area contributed by atoms with Crippen LogP contribution in [0.15, 0.2) is 38.0 Å². The van der Waals surface area contributed by atoms with Gasteiger partial charge in [0, 0.05) is 6.20 Å². The summed E-state index contributed by atoms with van der Waals surface area (Å²) >= 11 is 6.68. The Kier molecular flexibility index (Phi) is 4.66. The summed E-state index contributed by atoms with van der Waals surface area (Å²) in [4.78, 5) is 4.17. The Balaban J connectivity index is 2.05. The molecular weight excluding hydrogens is 364 g/mol. The van der Waals surface area contributed by atoms with Crippen LogP contribution in [0.4, 0.5) is 5.69 Å². The summed E-state index contributed by atoms with van der Waals surface area (Å²) in [6.07, 6.45) is 1.70. The first-order valence-corrected chi connectivity index (χ1v) is 7.04. The summed E-state index contributed by atoms with van der Waals surface area (Å²) in [5, 5.41) is 3.23. The average Bonchev–Trinajstić information content (AvgIpc) is 2.68. The maximum atomic E-state index is 5.48. The van der Waals surface area contributed by atoms with Gasteiger partial charge in [0.1, 0.15) is 5.76 Å². The van der Waals surface area contributed by atoms with Crippen molar-refractivity contribution in [1.29, 1.82) is 0 Å². The van der Waals surface area contributed by atoms with E-state index >= 15 is 0 Å². The molecule has 1 N–H and O–H groups in total. The largest absolute Gasteiger partial charge is 0.476 e. The van der Waals surface area contributed by atoms with Crippen molar-refractivity contribution in [3.63, 3.8) is 0 Å². The first kappa shape index (κ1) is 13.4. The van der Waals surface area contributed by atoms with Gasteiger partial charge in [-0.2, -0.15) is 0 Å². The van der Waals surface area contributed by atoms with Crippen LogP contribution in [-0.2, 0) is 6.54 Å². The van der Waals surface area contributed by atoms with Crippen LogP contribution in [0.3, 0.4) is 0 Å². The van der Waals surface area contributed by atoms with E-state index in [2.05, 4.69) is 42.2 Å². The van der Waals surface area contributed by atoms with Crippen molar-refractivity contribution >= 4 is 37.5 Å². The molecule has 0 amide bonds. The lowest BCUT2D eigenvalue weighted by Crippen LogP contribution is -2.03. The van der Waals surface area contributed by atoms with Crippen LogP contribution >= 0.6 is 31.9 Å². The van der Waals surface area contributed by atoms with Gasteiger partial charge in [0.25, 0.3) is 0 Å². The number of nitrogens with one attached hydrogen (secondary N) is 1. The summed E-state index contributed by atoms with van der Waals surface area (Å²) in [7, 11) is 0. The molecule has 2 aromatic heterocycles. The lowest BCUT2D eigenvalue weighted by molar-refractivity contribution is 0.328. The third-order valence-corrected chi connectivity index (χ3v) is 3.91. The average molecular weight is 376 g/mol. The predicted molar refractivity (Wildman–Crippen MR) is 76.8 cm³/mol. The van der Waals surface area contributed by atoms with Crippen LogP contribution in [0.2, 0.25) is 0 Å². The number of halogens is 2. The lowest BCUT2D eigenvalue weighted by atomic mass is 10.3. The molecule has 0 saturated heterocycles. The molecule has 2 rings (SSSR count). The van der Waals surface area contributed by atoms with Gasteiger partial charge >= 0.3 is 0 Å². The minimum Gasteiger partial charge on any atom is -0.476 e. The van der Waals surface area contributed by atoms with E-state index in [9.17, 15) is 0 Å². The zero-order valence-corrected chi connectivity index (χ0v) is 12.9. The molecule has 2 aromatic rings. The highest BCUT2D eigenvalue weighted by molar-refractivity contribution is 9.13. The van der Waals surface area contributed by atoms with Gasteiger partial charge in [-0.25, -0.2) is 4.98 Å². The van der Waals surface area contributed by atoms with Crippen LogP contribution in [-0.4, -0.2) is 11.6 Å². The second kappa shape index (κ2) is 6.24. The quantitative estimate of drug-likeness (QED) is 0.850. The lowest BCUT2D eigenvalue weighted by Gasteiger charge is -2.09. The fourth-order valence-electron chi connectivity index (χ4n) is 1.44. The van der Waals surface area contributed by atoms with Crippen molar-refractivity contribution in [3.8, 4) is 5.88 Å². The van der Waals surface area contributed by atoms with Gasteiger partial charge in [-0.05, 0) is 57.0 Å². The van der Waals surface area contributed by atoms with E-state index in [1.54, 1.807) is 6.20 Å². The van der Waals surface area contributed by atoms with E-state index < -0.39 is 0 Å². The van der Waals surface area contributed by atoms with Crippen LogP contribution in [0.25, 0.3) is 0 Å². The summed E-state index contributed by atoms with van der Waals surface area (Å²) in [6, 6.07) is 5.69. The van der Waals surface area contributed by atoms with Crippen molar-refractivity contribution in [1.82, 2.24) is 4.98 Å². The Bertz CT molecular complexity index is 509. The molecule has 0 spiro atoms. The van der Waals surface area contributed by atoms with Gasteiger partial charge in [-0.3, -0.25) is 0 Å².